The number of nitrogens with one attached hydrogen (secondary N) is 2. The Balaban J connectivity index is 2.20. The average Bonchev–Trinajstić information content (AvgIpc) is 2.69. The van der Waals surface area contributed by atoms with Gasteiger partial charge in [0, 0.05) is 31.0 Å². The summed E-state index contributed by atoms with van der Waals surface area (Å²) in [5, 5.41) is 6.02. The van der Waals surface area contributed by atoms with Gasteiger partial charge in [0.15, 0.2) is 0 Å². The van der Waals surface area contributed by atoms with Crippen molar-refractivity contribution in [2.24, 2.45) is 0 Å². The van der Waals surface area contributed by atoms with Crippen LogP contribution < -0.4 is 10.6 Å². The normalized spacial score (nSPS) is 10.3. The molecule has 0 aliphatic heterocycles. The first-order valence-electron chi connectivity index (χ1n) is 6.27. The van der Waals surface area contributed by atoms with Gasteiger partial charge in [0.05, 0.1) is 5.69 Å². The molecule has 2 rings (SSSR count). The maximum Gasteiger partial charge on any atom is 0.221 e. The fraction of sp³-hybridized carbons (Fsp3) is 0.286. The third kappa shape index (κ3) is 3.34. The van der Waals surface area contributed by atoms with Crippen molar-refractivity contribution in [1.82, 2.24) is 9.55 Å². The molecule has 1 heterocycles. The van der Waals surface area contributed by atoms with Crippen LogP contribution in [0.4, 0.5) is 17.3 Å². The first-order valence-corrected chi connectivity index (χ1v) is 6.27. The predicted octanol–water partition coefficient (Wildman–Crippen LogP) is 2.91. The average molecular weight is 258 g/mol. The van der Waals surface area contributed by atoms with E-state index in [-0.39, 0.29) is 5.91 Å². The molecular formula is C14H18N4O. The number of hydrogen-bond donors (Lipinski definition) is 2. The molecule has 0 unspecified atom stereocenters. The standard InChI is InChI=1S/C14H18N4O/c1-4-18-9-10(2)15-14(18)17-13-7-5-6-12(8-13)16-11(3)19/h5-9H,4H2,1-3H3,(H,15,17)(H,16,19). The maximum absolute atomic E-state index is 11.0. The zero-order valence-corrected chi connectivity index (χ0v) is 11.4. The zero-order valence-electron chi connectivity index (χ0n) is 11.4. The lowest BCUT2D eigenvalue weighted by atomic mass is 10.3. The molecule has 1 aromatic carbocycles. The van der Waals surface area contributed by atoms with E-state index in [0.717, 1.165) is 29.6 Å². The number of nitrogens with zero attached hydrogens (tertiary/aromatic N) is 2. The minimum absolute atomic E-state index is 0.0805. The number of aryl methyl sites for hydroxylation is 2. The van der Waals surface area contributed by atoms with Crippen LogP contribution >= 0.6 is 0 Å². The second kappa shape index (κ2) is 5.56. The molecule has 100 valence electrons. The van der Waals surface area contributed by atoms with Crippen molar-refractivity contribution in [3.8, 4) is 0 Å². The van der Waals surface area contributed by atoms with Crippen LogP contribution in [0, 0.1) is 6.92 Å². The molecule has 1 amide bonds. The summed E-state index contributed by atoms with van der Waals surface area (Å²) in [6.07, 6.45) is 2.00. The van der Waals surface area contributed by atoms with Gasteiger partial charge in [-0.05, 0) is 32.0 Å². The zero-order chi connectivity index (χ0) is 13.8. The van der Waals surface area contributed by atoms with Gasteiger partial charge in [-0.3, -0.25) is 4.79 Å². The summed E-state index contributed by atoms with van der Waals surface area (Å²) in [5.41, 5.74) is 2.64. The molecule has 0 radical (unpaired) electrons. The van der Waals surface area contributed by atoms with E-state index in [1.165, 1.54) is 6.92 Å². The fourth-order valence-electron chi connectivity index (χ4n) is 1.89. The van der Waals surface area contributed by atoms with E-state index >= 15 is 0 Å². The number of carbonyl (C=O) groups excluding carboxylic acids is 1. The monoisotopic (exact) mass is 258 g/mol. The van der Waals surface area contributed by atoms with Crippen LogP contribution in [0.5, 0.6) is 0 Å². The van der Waals surface area contributed by atoms with Crippen molar-refractivity contribution in [1.29, 1.82) is 0 Å². The van der Waals surface area contributed by atoms with E-state index in [1.54, 1.807) is 0 Å². The smallest absolute Gasteiger partial charge is 0.221 e. The molecule has 0 bridgehead atoms. The van der Waals surface area contributed by atoms with Gasteiger partial charge >= 0.3 is 0 Å². The van der Waals surface area contributed by atoms with Crippen LogP contribution in [0.2, 0.25) is 0 Å². The van der Waals surface area contributed by atoms with Gasteiger partial charge in [0.25, 0.3) is 0 Å². The van der Waals surface area contributed by atoms with Gasteiger partial charge in [0.2, 0.25) is 11.9 Å². The van der Waals surface area contributed by atoms with E-state index in [4.69, 9.17) is 0 Å². The predicted molar refractivity (Wildman–Crippen MR) is 76.7 cm³/mol. The Labute approximate surface area is 112 Å². The molecule has 1 aromatic heterocycles. The van der Waals surface area contributed by atoms with Gasteiger partial charge in [0.1, 0.15) is 0 Å². The topological polar surface area (TPSA) is 59.0 Å². The van der Waals surface area contributed by atoms with Crippen molar-refractivity contribution < 1.29 is 4.79 Å². The molecule has 0 aliphatic rings. The summed E-state index contributed by atoms with van der Waals surface area (Å²) >= 11 is 0. The van der Waals surface area contributed by atoms with Gasteiger partial charge < -0.3 is 15.2 Å². The maximum atomic E-state index is 11.0. The Bertz CT molecular complexity index is 589. The van der Waals surface area contributed by atoms with Crippen molar-refractivity contribution in [2.75, 3.05) is 10.6 Å². The highest BCUT2D eigenvalue weighted by molar-refractivity contribution is 5.89. The first kappa shape index (κ1) is 13.1. The number of hydrogen-bond acceptors (Lipinski definition) is 3. The molecule has 19 heavy (non-hydrogen) atoms. The van der Waals surface area contributed by atoms with Gasteiger partial charge in [-0.25, -0.2) is 4.98 Å². The Kier molecular flexibility index (Phi) is 3.85. The van der Waals surface area contributed by atoms with Crippen molar-refractivity contribution >= 4 is 23.2 Å². The Morgan fingerprint density at radius 1 is 1.37 bits per heavy atom. The molecule has 0 spiro atoms. The molecule has 5 heteroatoms. The fourth-order valence-corrected chi connectivity index (χ4v) is 1.89. The van der Waals surface area contributed by atoms with Crippen LogP contribution in [-0.4, -0.2) is 15.5 Å². The van der Waals surface area contributed by atoms with E-state index in [0.29, 0.717) is 0 Å². The number of amides is 1. The van der Waals surface area contributed by atoms with Crippen LogP contribution in [-0.2, 0) is 11.3 Å². The lowest BCUT2D eigenvalue weighted by Crippen LogP contribution is -2.06. The van der Waals surface area contributed by atoms with Crippen molar-refractivity contribution in [3.05, 3.63) is 36.2 Å². The number of aromatic nitrogens is 2. The first-order chi connectivity index (χ1) is 9.08. The quantitative estimate of drug-likeness (QED) is 0.886. The van der Waals surface area contributed by atoms with E-state index in [1.807, 2.05) is 42.0 Å². The number of rotatable bonds is 4. The van der Waals surface area contributed by atoms with Crippen LogP contribution in [0.1, 0.15) is 19.5 Å². The summed E-state index contributed by atoms with van der Waals surface area (Å²) in [5.74, 6) is 0.725. The van der Waals surface area contributed by atoms with E-state index in [9.17, 15) is 4.79 Å². The molecule has 5 nitrogen and oxygen atoms in total. The lowest BCUT2D eigenvalue weighted by molar-refractivity contribution is -0.114. The summed E-state index contributed by atoms with van der Waals surface area (Å²) < 4.78 is 2.04. The highest BCUT2D eigenvalue weighted by atomic mass is 16.1. The molecular weight excluding hydrogens is 240 g/mol. The Morgan fingerprint density at radius 3 is 2.79 bits per heavy atom. The highest BCUT2D eigenvalue weighted by Gasteiger charge is 2.05. The molecule has 0 saturated carbocycles. The van der Waals surface area contributed by atoms with Crippen molar-refractivity contribution in [3.63, 3.8) is 0 Å². The van der Waals surface area contributed by atoms with E-state index in [2.05, 4.69) is 22.5 Å². The summed E-state index contributed by atoms with van der Waals surface area (Å²) in [4.78, 5) is 15.5. The largest absolute Gasteiger partial charge is 0.326 e. The minimum Gasteiger partial charge on any atom is -0.326 e. The molecule has 0 atom stereocenters. The Hall–Kier alpha value is -2.30. The van der Waals surface area contributed by atoms with Crippen LogP contribution in [0.3, 0.4) is 0 Å². The second-order valence-electron chi connectivity index (χ2n) is 4.38. The molecule has 0 aliphatic carbocycles. The molecule has 2 N–H and O–H groups in total. The van der Waals surface area contributed by atoms with Crippen molar-refractivity contribution in [2.45, 2.75) is 27.3 Å². The number of benzene rings is 1. The number of imidazole rings is 1. The molecule has 2 aromatic rings. The molecule has 0 fully saturated rings. The number of anilines is 3. The SMILES string of the molecule is CCn1cc(C)nc1Nc1cccc(NC(C)=O)c1. The minimum atomic E-state index is -0.0805. The van der Waals surface area contributed by atoms with Gasteiger partial charge in [-0.1, -0.05) is 6.07 Å². The van der Waals surface area contributed by atoms with Crippen LogP contribution in [0.15, 0.2) is 30.5 Å². The third-order valence-corrected chi connectivity index (χ3v) is 2.68. The second-order valence-corrected chi connectivity index (χ2v) is 4.38. The molecule has 0 saturated heterocycles. The van der Waals surface area contributed by atoms with Gasteiger partial charge in [-0.2, -0.15) is 0 Å². The summed E-state index contributed by atoms with van der Waals surface area (Å²) in [6.45, 7) is 6.38. The summed E-state index contributed by atoms with van der Waals surface area (Å²) in [7, 11) is 0. The highest BCUT2D eigenvalue weighted by Crippen LogP contribution is 2.20. The van der Waals surface area contributed by atoms with Crippen LogP contribution in [0.25, 0.3) is 0 Å². The number of carbonyl (C=O) groups is 1. The third-order valence-electron chi connectivity index (χ3n) is 2.68. The van der Waals surface area contributed by atoms with Gasteiger partial charge in [-0.15, -0.1) is 0 Å². The lowest BCUT2D eigenvalue weighted by Gasteiger charge is -2.09. The Morgan fingerprint density at radius 2 is 2.11 bits per heavy atom. The summed E-state index contributed by atoms with van der Waals surface area (Å²) in [6, 6.07) is 7.56. The van der Waals surface area contributed by atoms with E-state index < -0.39 is 0 Å².